The third-order valence-electron chi connectivity index (χ3n) is 12.0. The number of anilines is 1. The predicted molar refractivity (Wildman–Crippen MR) is 265 cm³/mol. The highest BCUT2D eigenvalue weighted by Crippen LogP contribution is 2.30. The van der Waals surface area contributed by atoms with Crippen molar-refractivity contribution in [1.82, 2.24) is 0 Å². The maximum absolute atomic E-state index is 13.2. The molecule has 16 heteroatoms. The second-order valence-electron chi connectivity index (χ2n) is 18.7. The van der Waals surface area contributed by atoms with Crippen LogP contribution < -0.4 is 5.73 Å². The molecule has 70 heavy (non-hydrogen) atoms. The molecule has 0 saturated heterocycles. The number of ketones is 4. The van der Waals surface area contributed by atoms with Gasteiger partial charge >= 0.3 is 11.9 Å². The average Bonchev–Trinajstić information content (AvgIpc) is 3.24. The Morgan fingerprint density at radius 1 is 0.729 bits per heavy atom. The van der Waals surface area contributed by atoms with Gasteiger partial charge in [-0.2, -0.15) is 0 Å². The second-order valence-corrected chi connectivity index (χ2v) is 18.7. The second kappa shape index (κ2) is 31.7. The Balaban J connectivity index is 2.24. The van der Waals surface area contributed by atoms with E-state index >= 15 is 0 Å². The molecule has 0 saturated carbocycles. The minimum absolute atomic E-state index is 0.0801. The molecule has 0 aromatic heterocycles. The number of nitrogen functional groups attached to an aromatic ring is 1. The molecule has 0 aliphatic carbocycles. The van der Waals surface area contributed by atoms with Gasteiger partial charge in [0.15, 0.2) is 5.78 Å². The fraction of sp³-hybridized carbons (Fsp3) is 0.519. The zero-order chi connectivity index (χ0) is 52.4. The molecule has 0 fully saturated rings. The predicted octanol–water partition coefficient (Wildman–Crippen LogP) is 5.18. The molecule has 1 aromatic carbocycles. The maximum atomic E-state index is 13.2. The fourth-order valence-corrected chi connectivity index (χ4v) is 8.32. The molecule has 386 valence electrons. The Labute approximate surface area is 411 Å². The Bertz CT molecular complexity index is 2050. The van der Waals surface area contributed by atoms with Gasteiger partial charge in [0.2, 0.25) is 0 Å². The number of Topliss-reactive ketones (excluding diaryl/α,β-unsaturated/α-hetero) is 4. The number of allylic oxidation sites excluding steroid dienone is 12. The van der Waals surface area contributed by atoms with Crippen LogP contribution in [0.3, 0.4) is 0 Å². The number of carbonyl (C=O) groups excluding carboxylic acids is 5. The van der Waals surface area contributed by atoms with Crippen molar-refractivity contribution in [3.05, 3.63) is 115 Å². The van der Waals surface area contributed by atoms with Crippen molar-refractivity contribution >= 4 is 40.8 Å². The number of nitrogens with two attached hydrogens (primary N) is 1. The summed E-state index contributed by atoms with van der Waals surface area (Å²) < 4.78 is 5.93. The number of aliphatic carboxylic acids is 1. The zero-order valence-corrected chi connectivity index (χ0v) is 40.7. The lowest BCUT2D eigenvalue weighted by Gasteiger charge is -2.34. The number of carboxylic acid groups (broad SMARTS) is 1. The fourth-order valence-electron chi connectivity index (χ4n) is 8.32. The van der Waals surface area contributed by atoms with Gasteiger partial charge in [0, 0.05) is 62.1 Å². The topological polar surface area (TPSA) is 300 Å². The SMILES string of the molecule is CC1/C=C/C=C/C=C/C=C/C=C/C=C/C=C/C(O)CC(C)(O)C(C(=O)O)C(O)CC(=O)CC(O)CC(O)CC(O)CC(=O)CCCC(=O)CC(=O)OC1C(C)CC(C)C(O)CC(=O)c1ccc(N)cc1. The molecule has 0 radical (unpaired) electrons. The molecule has 1 aliphatic rings. The molecule has 16 nitrogen and oxygen atoms in total. The molecule has 0 spiro atoms. The van der Waals surface area contributed by atoms with Gasteiger partial charge < -0.3 is 51.3 Å². The first kappa shape index (κ1) is 60.7. The molecule has 12 atom stereocenters. The number of benzene rings is 1. The number of hydrogen-bond donors (Lipinski definition) is 9. The largest absolute Gasteiger partial charge is 0.481 e. The number of hydrogen-bond acceptors (Lipinski definition) is 15. The van der Waals surface area contributed by atoms with E-state index in [4.69, 9.17) is 10.5 Å². The number of carbonyl (C=O) groups is 6. The lowest BCUT2D eigenvalue weighted by Crippen LogP contribution is -2.49. The molecule has 2 rings (SSSR count). The van der Waals surface area contributed by atoms with Crippen molar-refractivity contribution in [3.8, 4) is 0 Å². The highest BCUT2D eigenvalue weighted by molar-refractivity contribution is 5.97. The van der Waals surface area contributed by atoms with E-state index in [9.17, 15) is 69.6 Å². The van der Waals surface area contributed by atoms with E-state index < -0.39 is 116 Å². The summed E-state index contributed by atoms with van der Waals surface area (Å²) in [6.07, 6.45) is 11.5. The van der Waals surface area contributed by atoms with Crippen molar-refractivity contribution in [2.45, 2.75) is 153 Å². The third kappa shape index (κ3) is 24.4. The molecule has 0 bridgehead atoms. The quantitative estimate of drug-likeness (QED) is 0.0701. The van der Waals surface area contributed by atoms with Gasteiger partial charge in [0.1, 0.15) is 35.8 Å². The number of esters is 1. The van der Waals surface area contributed by atoms with Gasteiger partial charge in [-0.15, -0.1) is 0 Å². The number of aliphatic hydroxyl groups is 7. The number of rotatable bonds is 8. The molecular weight excluding hydrogens is 903 g/mol. The Hall–Kier alpha value is -5.46. The van der Waals surface area contributed by atoms with Crippen molar-refractivity contribution in [2.24, 2.45) is 23.7 Å². The first-order valence-electron chi connectivity index (χ1n) is 23.8. The van der Waals surface area contributed by atoms with Gasteiger partial charge in [0.25, 0.3) is 0 Å². The van der Waals surface area contributed by atoms with Crippen LogP contribution in [-0.4, -0.2) is 124 Å². The van der Waals surface area contributed by atoms with Gasteiger partial charge in [-0.05, 0) is 68.7 Å². The van der Waals surface area contributed by atoms with Gasteiger partial charge in [-0.25, -0.2) is 0 Å². The summed E-state index contributed by atoms with van der Waals surface area (Å²) in [5.41, 5.74) is 4.51. The zero-order valence-electron chi connectivity index (χ0n) is 40.7. The Kier molecular flexibility index (Phi) is 27.5. The van der Waals surface area contributed by atoms with E-state index in [0.717, 1.165) is 6.92 Å². The molecular formula is C54H75NO15. The van der Waals surface area contributed by atoms with Crippen LogP contribution >= 0.6 is 0 Å². The van der Waals surface area contributed by atoms with Crippen LogP contribution in [0.15, 0.2) is 109 Å². The first-order valence-corrected chi connectivity index (χ1v) is 23.8. The van der Waals surface area contributed by atoms with Gasteiger partial charge in [0.05, 0.1) is 42.2 Å². The molecule has 1 aliphatic heterocycles. The van der Waals surface area contributed by atoms with E-state index in [2.05, 4.69) is 0 Å². The van der Waals surface area contributed by atoms with Crippen LogP contribution in [0.25, 0.3) is 0 Å². The van der Waals surface area contributed by atoms with Crippen LogP contribution in [0.4, 0.5) is 5.69 Å². The van der Waals surface area contributed by atoms with Crippen LogP contribution in [0.5, 0.6) is 0 Å². The number of aliphatic hydroxyl groups excluding tert-OH is 6. The Morgan fingerprint density at radius 2 is 1.23 bits per heavy atom. The van der Waals surface area contributed by atoms with Crippen LogP contribution in [-0.2, 0) is 28.7 Å². The van der Waals surface area contributed by atoms with Crippen molar-refractivity contribution in [1.29, 1.82) is 0 Å². The van der Waals surface area contributed by atoms with Gasteiger partial charge in [-0.1, -0.05) is 106 Å². The first-order chi connectivity index (χ1) is 33.0. The Morgan fingerprint density at radius 3 is 1.77 bits per heavy atom. The third-order valence-corrected chi connectivity index (χ3v) is 12.0. The van der Waals surface area contributed by atoms with E-state index in [1.54, 1.807) is 91.1 Å². The highest BCUT2D eigenvalue weighted by Gasteiger charge is 2.44. The normalized spacial score (nSPS) is 32.0. The van der Waals surface area contributed by atoms with E-state index in [1.807, 2.05) is 26.8 Å². The monoisotopic (exact) mass is 978 g/mol. The highest BCUT2D eigenvalue weighted by atomic mass is 16.5. The van der Waals surface area contributed by atoms with E-state index in [-0.39, 0.29) is 62.1 Å². The average molecular weight is 978 g/mol. The molecule has 1 aromatic rings. The number of cyclic esters (lactones) is 1. The minimum atomic E-state index is -2.17. The lowest BCUT2D eigenvalue weighted by atomic mass is 9.79. The van der Waals surface area contributed by atoms with E-state index in [1.165, 1.54) is 12.2 Å². The molecule has 12 unspecified atom stereocenters. The van der Waals surface area contributed by atoms with Gasteiger partial charge in [-0.3, -0.25) is 28.8 Å². The number of ether oxygens (including phenoxy) is 1. The van der Waals surface area contributed by atoms with Crippen LogP contribution in [0.1, 0.15) is 115 Å². The molecule has 0 amide bonds. The molecule has 1 heterocycles. The smallest absolute Gasteiger partial charge is 0.313 e. The summed E-state index contributed by atoms with van der Waals surface area (Å²) in [6.45, 7) is 6.66. The number of carboxylic acids is 1. The summed E-state index contributed by atoms with van der Waals surface area (Å²) >= 11 is 0. The summed E-state index contributed by atoms with van der Waals surface area (Å²) in [6, 6.07) is 6.43. The summed E-state index contributed by atoms with van der Waals surface area (Å²) in [4.78, 5) is 76.5. The van der Waals surface area contributed by atoms with Crippen molar-refractivity contribution < 1.29 is 74.4 Å². The summed E-state index contributed by atoms with van der Waals surface area (Å²) in [5, 5.41) is 84.5. The van der Waals surface area contributed by atoms with Crippen LogP contribution in [0.2, 0.25) is 0 Å². The van der Waals surface area contributed by atoms with E-state index in [0.29, 0.717) is 17.7 Å². The lowest BCUT2D eigenvalue weighted by molar-refractivity contribution is -0.163. The maximum Gasteiger partial charge on any atom is 0.313 e. The van der Waals surface area contributed by atoms with Crippen molar-refractivity contribution in [2.75, 3.05) is 5.73 Å². The summed E-state index contributed by atoms with van der Waals surface area (Å²) in [5.74, 6) is -7.18. The molecule has 10 N–H and O–H groups in total. The standard InChI is InChI=1S/C54H75NO15/c1-35-18-15-13-11-9-7-5-6-8-10-12-14-16-19-42(58)34-54(4,69)51(53(67)68)49(65)31-46(62)30-45(61)29-44(60)28-43(59)27-40(56)20-17-21-41(57)32-50(66)70-52(35)37(3)26-36(2)47(63)33-48(64)38-22-24-39(55)25-23-38/h5-16,18-19,22-25,35-37,42-45,47,49,51-52,58-61,63,65,69H,17,20-21,26-34,55H2,1-4H3,(H,67,68)/b6-5+,9-7+,10-8+,13-11+,14-12+,18-15+,19-16+. The van der Waals surface area contributed by atoms with Crippen LogP contribution in [0, 0.1) is 23.7 Å². The van der Waals surface area contributed by atoms with Crippen molar-refractivity contribution in [3.63, 3.8) is 0 Å². The minimum Gasteiger partial charge on any atom is -0.481 e. The summed E-state index contributed by atoms with van der Waals surface area (Å²) in [7, 11) is 0.